The van der Waals surface area contributed by atoms with Gasteiger partial charge in [0.15, 0.2) is 0 Å². The lowest BCUT2D eigenvalue weighted by molar-refractivity contribution is 0.0947. The molecule has 5 heteroatoms. The Morgan fingerprint density at radius 3 is 2.73 bits per heavy atom. The van der Waals surface area contributed by atoms with E-state index in [0.29, 0.717) is 16.9 Å². The predicted molar refractivity (Wildman–Crippen MR) is 104 cm³/mol. The summed E-state index contributed by atoms with van der Waals surface area (Å²) in [7, 11) is 0. The quantitative estimate of drug-likeness (QED) is 0.538. The summed E-state index contributed by atoms with van der Waals surface area (Å²) < 4.78 is 12.9. The van der Waals surface area contributed by atoms with E-state index >= 15 is 0 Å². The number of carbonyl (C=O) groups excluding carboxylic acids is 1. The molecule has 0 saturated heterocycles. The van der Waals surface area contributed by atoms with Gasteiger partial charge in [-0.15, -0.1) is 11.8 Å². The molecule has 1 aliphatic carbocycles. The van der Waals surface area contributed by atoms with Gasteiger partial charge in [-0.25, -0.2) is 9.37 Å². The van der Waals surface area contributed by atoms with Crippen LogP contribution in [0.2, 0.25) is 0 Å². The van der Waals surface area contributed by atoms with E-state index in [0.717, 1.165) is 35.7 Å². The molecule has 1 unspecified atom stereocenters. The van der Waals surface area contributed by atoms with Gasteiger partial charge in [-0.3, -0.25) is 4.79 Å². The fourth-order valence-corrected chi connectivity index (χ4v) is 3.94. The number of pyridine rings is 1. The Labute approximate surface area is 158 Å². The Hall–Kier alpha value is -1.88. The number of nitrogens with one attached hydrogen (secondary N) is 1. The summed E-state index contributed by atoms with van der Waals surface area (Å²) in [6.45, 7) is 5.20. The SMILES string of the molecule is CC1(C)CC1CNC(=O)c1cccnc1SCCCc1ccc(F)cc1. The second-order valence-electron chi connectivity index (χ2n) is 7.53. The average Bonchev–Trinajstić information content (AvgIpc) is 3.25. The van der Waals surface area contributed by atoms with Gasteiger partial charge in [-0.05, 0) is 66.2 Å². The maximum absolute atomic E-state index is 12.9. The number of hydrogen-bond acceptors (Lipinski definition) is 3. The predicted octanol–water partition coefficient (Wildman–Crippen LogP) is 4.72. The van der Waals surface area contributed by atoms with Crippen molar-refractivity contribution in [1.29, 1.82) is 0 Å². The topological polar surface area (TPSA) is 42.0 Å². The molecule has 1 atom stereocenters. The van der Waals surface area contributed by atoms with E-state index < -0.39 is 0 Å². The van der Waals surface area contributed by atoms with Gasteiger partial charge in [0.2, 0.25) is 0 Å². The van der Waals surface area contributed by atoms with Crippen molar-refractivity contribution >= 4 is 17.7 Å². The molecule has 2 aromatic rings. The first-order chi connectivity index (χ1) is 12.5. The summed E-state index contributed by atoms with van der Waals surface area (Å²) in [5.74, 6) is 1.20. The van der Waals surface area contributed by atoms with Crippen LogP contribution in [0.1, 0.15) is 42.6 Å². The lowest BCUT2D eigenvalue weighted by Crippen LogP contribution is -2.27. The molecule has 138 valence electrons. The Bertz CT molecular complexity index is 761. The van der Waals surface area contributed by atoms with Gasteiger partial charge >= 0.3 is 0 Å². The van der Waals surface area contributed by atoms with E-state index in [1.807, 2.05) is 18.2 Å². The van der Waals surface area contributed by atoms with Crippen LogP contribution in [0.4, 0.5) is 4.39 Å². The highest BCUT2D eigenvalue weighted by Gasteiger charge is 2.45. The normalized spacial score (nSPS) is 17.7. The zero-order valence-corrected chi connectivity index (χ0v) is 16.1. The summed E-state index contributed by atoms with van der Waals surface area (Å²) in [4.78, 5) is 16.9. The van der Waals surface area contributed by atoms with Crippen LogP contribution in [0.15, 0.2) is 47.6 Å². The molecule has 26 heavy (non-hydrogen) atoms. The van der Waals surface area contributed by atoms with Crippen molar-refractivity contribution in [1.82, 2.24) is 10.3 Å². The minimum Gasteiger partial charge on any atom is -0.352 e. The Kier molecular flexibility index (Phi) is 5.97. The van der Waals surface area contributed by atoms with Crippen LogP contribution in [-0.4, -0.2) is 23.2 Å². The smallest absolute Gasteiger partial charge is 0.254 e. The molecule has 0 radical (unpaired) electrons. The van der Waals surface area contributed by atoms with Gasteiger partial charge in [-0.1, -0.05) is 26.0 Å². The molecular formula is C21H25FN2OS. The summed E-state index contributed by atoms with van der Waals surface area (Å²) in [6, 6.07) is 10.3. The van der Waals surface area contributed by atoms with E-state index in [2.05, 4.69) is 24.1 Å². The highest BCUT2D eigenvalue weighted by atomic mass is 32.2. The number of carbonyl (C=O) groups is 1. The first-order valence-corrected chi connectivity index (χ1v) is 10.0. The molecule has 3 rings (SSSR count). The average molecular weight is 373 g/mol. The summed E-state index contributed by atoms with van der Waals surface area (Å²) in [5, 5.41) is 3.83. The number of thioether (sulfide) groups is 1. The standard InChI is InChI=1S/C21H25FN2OS/c1-21(2)13-16(21)14-24-19(25)18-6-3-11-23-20(18)26-12-4-5-15-7-9-17(22)10-8-15/h3,6-11,16H,4-5,12-14H2,1-2H3,(H,24,25). The number of nitrogens with zero attached hydrogens (tertiary/aromatic N) is 1. The summed E-state index contributed by atoms with van der Waals surface area (Å²) in [5.41, 5.74) is 2.14. The van der Waals surface area contributed by atoms with Crippen molar-refractivity contribution in [2.45, 2.75) is 38.1 Å². The van der Waals surface area contributed by atoms with Gasteiger partial charge in [0.05, 0.1) is 5.56 Å². The van der Waals surface area contributed by atoms with Gasteiger partial charge in [0, 0.05) is 12.7 Å². The van der Waals surface area contributed by atoms with E-state index in [-0.39, 0.29) is 11.7 Å². The maximum Gasteiger partial charge on any atom is 0.254 e. The lowest BCUT2D eigenvalue weighted by Gasteiger charge is -2.10. The molecular weight excluding hydrogens is 347 g/mol. The van der Waals surface area contributed by atoms with Gasteiger partial charge < -0.3 is 5.32 Å². The summed E-state index contributed by atoms with van der Waals surface area (Å²) in [6.07, 6.45) is 4.73. The van der Waals surface area contributed by atoms with Crippen molar-refractivity contribution in [2.75, 3.05) is 12.3 Å². The Balaban J connectivity index is 1.48. The second kappa shape index (κ2) is 8.21. The highest BCUT2D eigenvalue weighted by molar-refractivity contribution is 7.99. The molecule has 1 aromatic heterocycles. The molecule has 1 aliphatic rings. The monoisotopic (exact) mass is 372 g/mol. The minimum atomic E-state index is -0.207. The fourth-order valence-electron chi connectivity index (χ4n) is 3.01. The van der Waals surface area contributed by atoms with Crippen molar-refractivity contribution in [3.05, 3.63) is 59.5 Å². The minimum absolute atomic E-state index is 0.0400. The molecule has 1 fully saturated rings. The number of amides is 1. The van der Waals surface area contributed by atoms with Crippen molar-refractivity contribution in [2.24, 2.45) is 11.3 Å². The number of aryl methyl sites for hydroxylation is 1. The zero-order valence-electron chi connectivity index (χ0n) is 15.3. The Morgan fingerprint density at radius 2 is 2.04 bits per heavy atom. The molecule has 1 aromatic carbocycles. The first kappa shape index (κ1) is 18.9. The van der Waals surface area contributed by atoms with Crippen molar-refractivity contribution in [3.8, 4) is 0 Å². The van der Waals surface area contributed by atoms with Crippen LogP contribution in [0, 0.1) is 17.2 Å². The van der Waals surface area contributed by atoms with Crippen LogP contribution in [0.25, 0.3) is 0 Å². The van der Waals surface area contributed by atoms with Crippen LogP contribution >= 0.6 is 11.8 Å². The molecule has 0 aliphatic heterocycles. The molecule has 1 amide bonds. The number of rotatable bonds is 8. The van der Waals surface area contributed by atoms with Crippen molar-refractivity contribution in [3.63, 3.8) is 0 Å². The number of hydrogen-bond donors (Lipinski definition) is 1. The number of halogens is 1. The maximum atomic E-state index is 12.9. The first-order valence-electron chi connectivity index (χ1n) is 9.06. The van der Waals surface area contributed by atoms with Gasteiger partial charge in [0.25, 0.3) is 5.91 Å². The molecule has 3 nitrogen and oxygen atoms in total. The van der Waals surface area contributed by atoms with Crippen LogP contribution in [0.5, 0.6) is 0 Å². The number of benzene rings is 1. The lowest BCUT2D eigenvalue weighted by atomic mass is 10.1. The highest BCUT2D eigenvalue weighted by Crippen LogP contribution is 2.51. The zero-order chi connectivity index (χ0) is 18.6. The third-order valence-electron chi connectivity index (χ3n) is 5.00. The second-order valence-corrected chi connectivity index (χ2v) is 8.62. The molecule has 1 saturated carbocycles. The van der Waals surface area contributed by atoms with E-state index in [9.17, 15) is 9.18 Å². The van der Waals surface area contributed by atoms with E-state index in [1.165, 1.54) is 18.6 Å². The third kappa shape index (κ3) is 5.07. The fraction of sp³-hybridized carbons (Fsp3) is 0.429. The summed E-state index contributed by atoms with van der Waals surface area (Å²) >= 11 is 1.60. The largest absolute Gasteiger partial charge is 0.352 e. The number of aromatic nitrogens is 1. The van der Waals surface area contributed by atoms with Crippen LogP contribution in [-0.2, 0) is 6.42 Å². The van der Waals surface area contributed by atoms with Crippen molar-refractivity contribution < 1.29 is 9.18 Å². The van der Waals surface area contributed by atoms with Crippen LogP contribution < -0.4 is 5.32 Å². The molecule has 0 bridgehead atoms. The Morgan fingerprint density at radius 1 is 1.31 bits per heavy atom. The van der Waals surface area contributed by atoms with Gasteiger partial charge in [-0.2, -0.15) is 0 Å². The van der Waals surface area contributed by atoms with E-state index in [4.69, 9.17) is 0 Å². The molecule has 1 heterocycles. The van der Waals surface area contributed by atoms with Crippen LogP contribution in [0.3, 0.4) is 0 Å². The van der Waals surface area contributed by atoms with E-state index in [1.54, 1.807) is 24.0 Å². The molecule has 1 N–H and O–H groups in total. The molecule has 0 spiro atoms. The van der Waals surface area contributed by atoms with Gasteiger partial charge in [0.1, 0.15) is 10.8 Å². The third-order valence-corrected chi connectivity index (χ3v) is 6.10.